The molecule has 1 saturated heterocycles. The molecule has 1 saturated carbocycles. The van der Waals surface area contributed by atoms with Gasteiger partial charge in [0.1, 0.15) is 5.69 Å². The van der Waals surface area contributed by atoms with E-state index < -0.39 is 12.1 Å². The molecule has 2 aliphatic rings. The molecule has 0 bridgehead atoms. The quantitative estimate of drug-likeness (QED) is 0.505. The number of urea groups is 1. The van der Waals surface area contributed by atoms with Crippen LogP contribution >= 0.6 is 11.5 Å². The van der Waals surface area contributed by atoms with Crippen molar-refractivity contribution in [2.75, 3.05) is 31.1 Å². The van der Waals surface area contributed by atoms with Crippen LogP contribution in [0.5, 0.6) is 0 Å². The highest BCUT2D eigenvalue weighted by Crippen LogP contribution is 2.25. The topological polar surface area (TPSA) is 112 Å². The Kier molecular flexibility index (Phi) is 8.41. The Balaban J connectivity index is 0.000000405. The summed E-state index contributed by atoms with van der Waals surface area (Å²) in [6.07, 6.45) is 0.891. The van der Waals surface area contributed by atoms with Crippen molar-refractivity contribution in [2.24, 2.45) is 0 Å². The van der Waals surface area contributed by atoms with Crippen LogP contribution in [0.4, 0.5) is 23.1 Å². The Bertz CT molecular complexity index is 1220. The second-order valence-electron chi connectivity index (χ2n) is 8.85. The number of anilines is 1. The van der Waals surface area contributed by atoms with E-state index in [2.05, 4.69) is 26.7 Å². The number of rotatable bonds is 3. The predicted octanol–water partition coefficient (Wildman–Crippen LogP) is 4.55. The Morgan fingerprint density at radius 1 is 0.973 bits per heavy atom. The van der Waals surface area contributed by atoms with Crippen LogP contribution < -0.4 is 10.2 Å². The van der Waals surface area contributed by atoms with Crippen molar-refractivity contribution in [1.82, 2.24) is 24.6 Å². The van der Waals surface area contributed by atoms with E-state index in [1.165, 1.54) is 30.8 Å². The molecule has 2 fully saturated rings. The lowest BCUT2D eigenvalue weighted by Crippen LogP contribution is -2.53. The summed E-state index contributed by atoms with van der Waals surface area (Å²) in [5.74, 6) is -2.09. The van der Waals surface area contributed by atoms with E-state index in [0.717, 1.165) is 47.7 Å². The standard InChI is InChI=1S/C22H26N6OS.C2HF3O2/c29-21(23-17-7-2-1-3-8-17)27-12-14-28(15-13-27)22-25-20(26-30-22)19-11-10-16-6-4-5-9-18(16)24-19;3-2(4,5)1(6)7/h4-6,9-11,17H,1-3,7-8,12-15H2,(H,23,29);(H,6,7). The van der Waals surface area contributed by atoms with E-state index >= 15 is 0 Å². The summed E-state index contributed by atoms with van der Waals surface area (Å²) in [6.45, 7) is 2.97. The molecule has 0 radical (unpaired) electrons. The zero-order valence-electron chi connectivity index (χ0n) is 19.9. The van der Waals surface area contributed by atoms with Gasteiger partial charge in [-0.1, -0.05) is 43.5 Å². The van der Waals surface area contributed by atoms with Gasteiger partial charge in [0, 0.05) is 49.1 Å². The number of carbonyl (C=O) groups excluding carboxylic acids is 1. The SMILES string of the molecule is O=C(NC1CCCCC1)N1CCN(c2nc(-c3ccc4ccccc4n3)ns2)CC1.O=C(O)C(F)(F)F. The minimum Gasteiger partial charge on any atom is -0.475 e. The Morgan fingerprint density at radius 2 is 1.65 bits per heavy atom. The van der Waals surface area contributed by atoms with Gasteiger partial charge >= 0.3 is 18.2 Å². The van der Waals surface area contributed by atoms with Gasteiger partial charge in [0.05, 0.1) is 5.52 Å². The van der Waals surface area contributed by atoms with E-state index in [4.69, 9.17) is 19.9 Å². The number of carbonyl (C=O) groups is 2. The molecule has 198 valence electrons. The van der Waals surface area contributed by atoms with Crippen LogP contribution in [0, 0.1) is 0 Å². The number of nitrogens with zero attached hydrogens (tertiary/aromatic N) is 5. The fourth-order valence-corrected chi connectivity index (χ4v) is 4.98. The van der Waals surface area contributed by atoms with Crippen LogP contribution in [0.2, 0.25) is 0 Å². The number of benzene rings is 1. The summed E-state index contributed by atoms with van der Waals surface area (Å²) in [5, 5.41) is 12.3. The molecule has 13 heteroatoms. The van der Waals surface area contributed by atoms with Gasteiger partial charge in [-0.3, -0.25) is 0 Å². The molecule has 0 unspecified atom stereocenters. The molecule has 1 aromatic carbocycles. The summed E-state index contributed by atoms with van der Waals surface area (Å²) in [5.41, 5.74) is 1.74. The summed E-state index contributed by atoms with van der Waals surface area (Å²) >= 11 is 1.40. The lowest BCUT2D eigenvalue weighted by atomic mass is 9.96. The maximum absolute atomic E-state index is 12.6. The highest BCUT2D eigenvalue weighted by Gasteiger charge is 2.38. The number of pyridine rings is 1. The summed E-state index contributed by atoms with van der Waals surface area (Å²) < 4.78 is 36.3. The predicted molar refractivity (Wildman–Crippen MR) is 134 cm³/mol. The van der Waals surface area contributed by atoms with Gasteiger partial charge in [-0.15, -0.1) is 0 Å². The molecule has 2 N–H and O–H groups in total. The van der Waals surface area contributed by atoms with Gasteiger partial charge in [0.15, 0.2) is 5.82 Å². The minimum atomic E-state index is -5.08. The number of hydrogen-bond donors (Lipinski definition) is 2. The van der Waals surface area contributed by atoms with Crippen LogP contribution in [-0.2, 0) is 4.79 Å². The van der Waals surface area contributed by atoms with Gasteiger partial charge in [-0.2, -0.15) is 22.5 Å². The fraction of sp³-hybridized carbons (Fsp3) is 0.458. The first-order chi connectivity index (χ1) is 17.7. The van der Waals surface area contributed by atoms with Crippen molar-refractivity contribution >= 4 is 39.6 Å². The molecule has 3 aromatic rings. The van der Waals surface area contributed by atoms with E-state index in [1.54, 1.807) is 0 Å². The first-order valence-corrected chi connectivity index (χ1v) is 12.8. The number of hydrogen-bond acceptors (Lipinski definition) is 7. The van der Waals surface area contributed by atoms with Crippen LogP contribution in [0.15, 0.2) is 36.4 Å². The average Bonchev–Trinajstić information content (AvgIpc) is 3.39. The van der Waals surface area contributed by atoms with Crippen molar-refractivity contribution in [2.45, 2.75) is 44.3 Å². The van der Waals surface area contributed by atoms with Gasteiger partial charge in [-0.25, -0.2) is 14.6 Å². The maximum atomic E-state index is 12.6. The number of fused-ring (bicyclic) bond motifs is 1. The number of nitrogens with one attached hydrogen (secondary N) is 1. The smallest absolute Gasteiger partial charge is 0.475 e. The lowest BCUT2D eigenvalue weighted by Gasteiger charge is -2.35. The van der Waals surface area contributed by atoms with Crippen molar-refractivity contribution in [3.8, 4) is 11.5 Å². The highest BCUT2D eigenvalue weighted by molar-refractivity contribution is 7.09. The molecule has 3 heterocycles. The molecule has 5 rings (SSSR count). The molecule has 0 spiro atoms. The number of halogens is 3. The number of piperazine rings is 1. The second kappa shape index (κ2) is 11.7. The Labute approximate surface area is 215 Å². The normalized spacial score (nSPS) is 16.7. The molecule has 9 nitrogen and oxygen atoms in total. The Morgan fingerprint density at radius 3 is 2.32 bits per heavy atom. The number of para-hydroxylation sites is 1. The lowest BCUT2D eigenvalue weighted by molar-refractivity contribution is -0.192. The van der Waals surface area contributed by atoms with Gasteiger partial charge < -0.3 is 20.2 Å². The van der Waals surface area contributed by atoms with Crippen molar-refractivity contribution in [3.63, 3.8) is 0 Å². The number of carboxylic acids is 1. The van der Waals surface area contributed by atoms with E-state index in [9.17, 15) is 18.0 Å². The zero-order chi connectivity index (χ0) is 26.4. The van der Waals surface area contributed by atoms with Crippen LogP contribution in [0.3, 0.4) is 0 Å². The van der Waals surface area contributed by atoms with Crippen LogP contribution in [0.1, 0.15) is 32.1 Å². The second-order valence-corrected chi connectivity index (χ2v) is 9.58. The number of amides is 2. The molecule has 0 atom stereocenters. The van der Waals surface area contributed by atoms with Crippen molar-refractivity contribution < 1.29 is 27.9 Å². The third-order valence-corrected chi connectivity index (χ3v) is 7.03. The number of aliphatic carboxylic acids is 1. The van der Waals surface area contributed by atoms with Crippen LogP contribution in [0.25, 0.3) is 22.4 Å². The molecule has 1 aliphatic carbocycles. The molecule has 2 aromatic heterocycles. The number of carboxylic acid groups (broad SMARTS) is 1. The van der Waals surface area contributed by atoms with E-state index in [1.807, 2.05) is 29.2 Å². The number of aromatic nitrogens is 3. The summed E-state index contributed by atoms with van der Waals surface area (Å²) in [4.78, 5) is 35.0. The Hall–Kier alpha value is -3.48. The van der Waals surface area contributed by atoms with Gasteiger partial charge in [0.25, 0.3) is 0 Å². The number of alkyl halides is 3. The third kappa shape index (κ3) is 7.06. The van der Waals surface area contributed by atoms with E-state index in [0.29, 0.717) is 25.0 Å². The summed E-state index contributed by atoms with van der Waals surface area (Å²) in [6, 6.07) is 12.5. The van der Waals surface area contributed by atoms with Crippen molar-refractivity contribution in [3.05, 3.63) is 36.4 Å². The molecule has 2 amide bonds. The third-order valence-electron chi connectivity index (χ3n) is 6.26. The summed E-state index contributed by atoms with van der Waals surface area (Å²) in [7, 11) is 0. The molecular weight excluding hydrogens is 509 g/mol. The van der Waals surface area contributed by atoms with Crippen LogP contribution in [-0.4, -0.2) is 74.7 Å². The monoisotopic (exact) mass is 536 g/mol. The van der Waals surface area contributed by atoms with E-state index in [-0.39, 0.29) is 6.03 Å². The zero-order valence-corrected chi connectivity index (χ0v) is 20.8. The molecule has 37 heavy (non-hydrogen) atoms. The largest absolute Gasteiger partial charge is 0.490 e. The van der Waals surface area contributed by atoms with Crippen molar-refractivity contribution in [1.29, 1.82) is 0 Å². The average molecular weight is 537 g/mol. The minimum absolute atomic E-state index is 0.0832. The van der Waals surface area contributed by atoms with Gasteiger partial charge in [-0.05, 0) is 25.0 Å². The first kappa shape index (κ1) is 26.6. The highest BCUT2D eigenvalue weighted by atomic mass is 32.1. The first-order valence-electron chi connectivity index (χ1n) is 12.0. The maximum Gasteiger partial charge on any atom is 0.490 e. The molecular formula is C24H27F3N6O3S. The van der Waals surface area contributed by atoms with Gasteiger partial charge in [0.2, 0.25) is 5.13 Å². The fourth-order valence-electron chi connectivity index (χ4n) is 4.25. The molecule has 1 aliphatic heterocycles.